The number of rotatable bonds is 6. The van der Waals surface area contributed by atoms with E-state index in [1.54, 1.807) is 6.20 Å². The molecule has 1 N–H and O–H groups in total. The van der Waals surface area contributed by atoms with Crippen molar-refractivity contribution in [2.45, 2.75) is 89.5 Å². The van der Waals surface area contributed by atoms with Crippen LogP contribution in [0.25, 0.3) is 0 Å². The normalized spacial score (nSPS) is 23.2. The molecule has 2 aliphatic rings. The maximum Gasteiger partial charge on any atom is 0.252 e. The fourth-order valence-electron chi connectivity index (χ4n) is 4.32. The van der Waals surface area contributed by atoms with Gasteiger partial charge in [0.05, 0.1) is 18.3 Å². The number of nitrogens with one attached hydrogen (secondary N) is 1. The zero-order chi connectivity index (χ0) is 18.9. The second-order valence-corrected chi connectivity index (χ2v) is 8.01. The highest BCUT2D eigenvalue weighted by molar-refractivity contribution is 5.80. The highest BCUT2D eigenvalue weighted by Gasteiger charge is 2.30. The van der Waals surface area contributed by atoms with E-state index < -0.39 is 0 Å². The van der Waals surface area contributed by atoms with Crippen LogP contribution in [0.4, 0.5) is 0 Å². The van der Waals surface area contributed by atoms with E-state index >= 15 is 0 Å². The van der Waals surface area contributed by atoms with Crippen molar-refractivity contribution in [3.8, 4) is 0 Å². The summed E-state index contributed by atoms with van der Waals surface area (Å²) in [5.74, 6) is 0.122. The van der Waals surface area contributed by atoms with Crippen LogP contribution in [-0.2, 0) is 16.1 Å². The smallest absolute Gasteiger partial charge is 0.252 e. The first kappa shape index (κ1) is 20.3. The molecule has 0 radical (unpaired) electrons. The molecule has 1 aromatic heterocycles. The molecule has 0 spiro atoms. The third-order valence-corrected chi connectivity index (χ3v) is 5.87. The van der Waals surface area contributed by atoms with Crippen LogP contribution in [0, 0.1) is 0 Å². The summed E-state index contributed by atoms with van der Waals surface area (Å²) in [4.78, 5) is 19.9. The number of carbonyl (C=O) groups excluding carboxylic acids is 1. The maximum absolute atomic E-state index is 13.4. The van der Waals surface area contributed by atoms with Gasteiger partial charge in [0, 0.05) is 12.2 Å². The maximum atomic E-state index is 13.4. The summed E-state index contributed by atoms with van der Waals surface area (Å²) in [5.41, 5.74) is 0.949. The Kier molecular flexibility index (Phi) is 8.09. The number of ether oxygens (including phenoxy) is 1. The number of carbonyl (C=O) groups is 1. The molecule has 3 rings (SSSR count). The zero-order valence-electron chi connectivity index (χ0n) is 16.7. The molecular formula is C22H35N3O2. The number of hydrogen-bond acceptors (Lipinski definition) is 4. The Balaban J connectivity index is 1.68. The summed E-state index contributed by atoms with van der Waals surface area (Å²) in [7, 11) is 0. The van der Waals surface area contributed by atoms with Gasteiger partial charge in [0.15, 0.2) is 0 Å². The highest BCUT2D eigenvalue weighted by Crippen LogP contribution is 2.23. The molecule has 0 bridgehead atoms. The van der Waals surface area contributed by atoms with Gasteiger partial charge in [-0.1, -0.05) is 31.7 Å². The fraction of sp³-hybridized carbons (Fsp3) is 0.727. The Morgan fingerprint density at radius 1 is 1.15 bits per heavy atom. The minimum atomic E-state index is -0.381. The predicted octanol–water partition coefficient (Wildman–Crippen LogP) is 3.68. The molecule has 27 heavy (non-hydrogen) atoms. The second kappa shape index (κ2) is 10.8. The molecule has 1 aromatic rings. The van der Waals surface area contributed by atoms with Gasteiger partial charge in [-0.15, -0.1) is 0 Å². The lowest BCUT2D eigenvalue weighted by Gasteiger charge is -2.34. The number of pyridine rings is 1. The standard InChI is InChI=1S/C22H35N3O2/c1-18(27-21-11-4-2-3-5-12-21)22(26)25(17-19-9-6-7-15-24-19)20-10-8-14-23-16-13-20/h6-7,9,15,18,20-21,23H,2-5,8,10-14,16-17H2,1H3. The molecule has 1 saturated carbocycles. The van der Waals surface area contributed by atoms with Crippen molar-refractivity contribution in [2.24, 2.45) is 0 Å². The van der Waals surface area contributed by atoms with E-state index in [4.69, 9.17) is 4.74 Å². The monoisotopic (exact) mass is 373 g/mol. The van der Waals surface area contributed by atoms with E-state index in [-0.39, 0.29) is 24.2 Å². The van der Waals surface area contributed by atoms with Gasteiger partial charge in [-0.3, -0.25) is 9.78 Å². The zero-order valence-corrected chi connectivity index (χ0v) is 16.7. The molecule has 150 valence electrons. The van der Waals surface area contributed by atoms with Crippen molar-refractivity contribution in [1.82, 2.24) is 15.2 Å². The molecule has 2 fully saturated rings. The van der Waals surface area contributed by atoms with Crippen LogP contribution in [0.15, 0.2) is 24.4 Å². The second-order valence-electron chi connectivity index (χ2n) is 8.01. The third kappa shape index (κ3) is 6.28. The first-order valence-electron chi connectivity index (χ1n) is 10.8. The van der Waals surface area contributed by atoms with Gasteiger partial charge < -0.3 is 15.0 Å². The number of nitrogens with zero attached hydrogens (tertiary/aromatic N) is 2. The average molecular weight is 374 g/mol. The third-order valence-electron chi connectivity index (χ3n) is 5.87. The van der Waals surface area contributed by atoms with E-state index in [2.05, 4.69) is 10.3 Å². The van der Waals surface area contributed by atoms with E-state index in [1.807, 2.05) is 30.0 Å². The van der Waals surface area contributed by atoms with Crippen LogP contribution in [0.5, 0.6) is 0 Å². The first-order valence-corrected chi connectivity index (χ1v) is 10.8. The van der Waals surface area contributed by atoms with Crippen molar-refractivity contribution >= 4 is 5.91 Å². The summed E-state index contributed by atoms with van der Waals surface area (Å²) in [5, 5.41) is 3.45. The van der Waals surface area contributed by atoms with Crippen LogP contribution in [0.1, 0.15) is 70.4 Å². The van der Waals surface area contributed by atoms with Crippen LogP contribution in [-0.4, -0.2) is 47.1 Å². The largest absolute Gasteiger partial charge is 0.365 e. The van der Waals surface area contributed by atoms with Crippen molar-refractivity contribution in [1.29, 1.82) is 0 Å². The molecule has 2 unspecified atom stereocenters. The van der Waals surface area contributed by atoms with Crippen molar-refractivity contribution in [2.75, 3.05) is 13.1 Å². The quantitative estimate of drug-likeness (QED) is 0.773. The molecule has 1 saturated heterocycles. The van der Waals surface area contributed by atoms with Gasteiger partial charge >= 0.3 is 0 Å². The first-order chi connectivity index (χ1) is 13.2. The number of amides is 1. The lowest BCUT2D eigenvalue weighted by Crippen LogP contribution is -2.46. The van der Waals surface area contributed by atoms with Crippen LogP contribution in [0.3, 0.4) is 0 Å². The predicted molar refractivity (Wildman–Crippen MR) is 107 cm³/mol. The summed E-state index contributed by atoms with van der Waals surface area (Å²) < 4.78 is 6.25. The summed E-state index contributed by atoms with van der Waals surface area (Å²) in [6.07, 6.45) is 12.0. The topological polar surface area (TPSA) is 54.5 Å². The molecule has 1 aliphatic carbocycles. The van der Waals surface area contributed by atoms with Crippen molar-refractivity contribution in [3.63, 3.8) is 0 Å². The molecule has 1 amide bonds. The van der Waals surface area contributed by atoms with Gasteiger partial charge in [0.25, 0.3) is 5.91 Å². The fourth-order valence-corrected chi connectivity index (χ4v) is 4.32. The Labute approximate surface area is 163 Å². The molecule has 5 nitrogen and oxygen atoms in total. The Morgan fingerprint density at radius 2 is 1.96 bits per heavy atom. The van der Waals surface area contributed by atoms with Crippen LogP contribution in [0.2, 0.25) is 0 Å². The van der Waals surface area contributed by atoms with Gasteiger partial charge in [-0.2, -0.15) is 0 Å². The number of aromatic nitrogens is 1. The summed E-state index contributed by atoms with van der Waals surface area (Å²) >= 11 is 0. The minimum Gasteiger partial charge on any atom is -0.365 e. The lowest BCUT2D eigenvalue weighted by atomic mass is 10.1. The van der Waals surface area contributed by atoms with E-state index in [0.29, 0.717) is 6.54 Å². The highest BCUT2D eigenvalue weighted by atomic mass is 16.5. The van der Waals surface area contributed by atoms with E-state index in [9.17, 15) is 4.79 Å². The summed E-state index contributed by atoms with van der Waals surface area (Å²) in [6, 6.07) is 6.18. The molecule has 5 heteroatoms. The minimum absolute atomic E-state index is 0.122. The molecule has 1 aliphatic heterocycles. The molecule has 2 atom stereocenters. The molecule has 2 heterocycles. The van der Waals surface area contributed by atoms with Gasteiger partial charge in [-0.25, -0.2) is 0 Å². The summed E-state index contributed by atoms with van der Waals surface area (Å²) in [6.45, 7) is 4.51. The van der Waals surface area contributed by atoms with Crippen LogP contribution >= 0.6 is 0 Å². The van der Waals surface area contributed by atoms with Crippen LogP contribution < -0.4 is 5.32 Å². The van der Waals surface area contributed by atoms with Crippen molar-refractivity contribution in [3.05, 3.63) is 30.1 Å². The Hall–Kier alpha value is -1.46. The van der Waals surface area contributed by atoms with Gasteiger partial charge in [0.2, 0.25) is 0 Å². The Bertz CT molecular complexity index is 550. The average Bonchev–Trinajstić information content (AvgIpc) is 3.11. The van der Waals surface area contributed by atoms with E-state index in [1.165, 1.54) is 25.7 Å². The molecule has 0 aromatic carbocycles. The SMILES string of the molecule is CC(OC1CCCCCC1)C(=O)N(Cc1ccccn1)C1CCCNCC1. The molecular weight excluding hydrogens is 338 g/mol. The number of hydrogen-bond donors (Lipinski definition) is 1. The van der Waals surface area contributed by atoms with Crippen molar-refractivity contribution < 1.29 is 9.53 Å². The Morgan fingerprint density at radius 3 is 2.70 bits per heavy atom. The van der Waals surface area contributed by atoms with Gasteiger partial charge in [0.1, 0.15) is 6.10 Å². The van der Waals surface area contributed by atoms with E-state index in [0.717, 1.165) is 50.9 Å². The van der Waals surface area contributed by atoms with Gasteiger partial charge in [-0.05, 0) is 64.3 Å². The lowest BCUT2D eigenvalue weighted by molar-refractivity contribution is -0.150.